The number of methoxy groups -OCH3 is 1. The number of rotatable bonds is 6. The van der Waals surface area contributed by atoms with Crippen LogP contribution in [0, 0.1) is 0 Å². The van der Waals surface area contributed by atoms with Gasteiger partial charge in [0.2, 0.25) is 0 Å². The SMILES string of the molecule is COCc1ccc(C(CN)Nc2cccc(Br)c2)cc1. The molecule has 0 fully saturated rings. The van der Waals surface area contributed by atoms with E-state index in [0.717, 1.165) is 15.7 Å². The van der Waals surface area contributed by atoms with Crippen molar-refractivity contribution in [3.05, 3.63) is 64.1 Å². The van der Waals surface area contributed by atoms with Gasteiger partial charge in [-0.25, -0.2) is 0 Å². The third kappa shape index (κ3) is 4.07. The molecule has 1 unspecified atom stereocenters. The summed E-state index contributed by atoms with van der Waals surface area (Å²) in [6.07, 6.45) is 0. The molecule has 2 aromatic carbocycles. The van der Waals surface area contributed by atoms with E-state index in [1.165, 1.54) is 5.56 Å². The van der Waals surface area contributed by atoms with Crippen molar-refractivity contribution in [3.8, 4) is 0 Å². The molecule has 0 saturated heterocycles. The van der Waals surface area contributed by atoms with Crippen LogP contribution in [0.1, 0.15) is 17.2 Å². The third-order valence-corrected chi connectivity index (χ3v) is 3.59. The smallest absolute Gasteiger partial charge is 0.0713 e. The van der Waals surface area contributed by atoms with Gasteiger partial charge in [0.05, 0.1) is 12.6 Å². The second-order valence-corrected chi connectivity index (χ2v) is 5.53. The van der Waals surface area contributed by atoms with Gasteiger partial charge in [0.1, 0.15) is 0 Å². The lowest BCUT2D eigenvalue weighted by atomic mass is 10.0. The van der Waals surface area contributed by atoms with E-state index < -0.39 is 0 Å². The fourth-order valence-corrected chi connectivity index (χ4v) is 2.47. The number of anilines is 1. The Morgan fingerprint density at radius 1 is 1.20 bits per heavy atom. The van der Waals surface area contributed by atoms with Crippen LogP contribution in [0.15, 0.2) is 53.0 Å². The fraction of sp³-hybridized carbons (Fsp3) is 0.250. The first-order valence-corrected chi connectivity index (χ1v) is 7.32. The lowest BCUT2D eigenvalue weighted by molar-refractivity contribution is 0.185. The van der Waals surface area contributed by atoms with Crippen LogP contribution >= 0.6 is 15.9 Å². The van der Waals surface area contributed by atoms with Crippen LogP contribution in [-0.2, 0) is 11.3 Å². The maximum Gasteiger partial charge on any atom is 0.0713 e. The van der Waals surface area contributed by atoms with E-state index in [4.69, 9.17) is 10.5 Å². The summed E-state index contributed by atoms with van der Waals surface area (Å²) in [4.78, 5) is 0. The van der Waals surface area contributed by atoms with Crippen LogP contribution in [0.5, 0.6) is 0 Å². The molecule has 0 bridgehead atoms. The summed E-state index contributed by atoms with van der Waals surface area (Å²) in [7, 11) is 1.70. The van der Waals surface area contributed by atoms with Crippen LogP contribution in [-0.4, -0.2) is 13.7 Å². The summed E-state index contributed by atoms with van der Waals surface area (Å²) in [5.74, 6) is 0. The number of nitrogens with two attached hydrogens (primary N) is 1. The van der Waals surface area contributed by atoms with Gasteiger partial charge < -0.3 is 15.8 Å². The normalized spacial score (nSPS) is 12.2. The van der Waals surface area contributed by atoms with Crippen molar-refractivity contribution < 1.29 is 4.74 Å². The van der Waals surface area contributed by atoms with E-state index >= 15 is 0 Å². The molecular weight excluding hydrogens is 316 g/mol. The van der Waals surface area contributed by atoms with Crippen molar-refractivity contribution in [2.45, 2.75) is 12.6 Å². The van der Waals surface area contributed by atoms with Gasteiger partial charge in [0.25, 0.3) is 0 Å². The average molecular weight is 335 g/mol. The molecule has 3 N–H and O–H groups in total. The predicted molar refractivity (Wildman–Crippen MR) is 86.7 cm³/mol. The van der Waals surface area contributed by atoms with Crippen LogP contribution in [0.2, 0.25) is 0 Å². The minimum Gasteiger partial charge on any atom is -0.380 e. The van der Waals surface area contributed by atoms with Crippen molar-refractivity contribution in [1.82, 2.24) is 0 Å². The van der Waals surface area contributed by atoms with Gasteiger partial charge in [0, 0.05) is 23.8 Å². The Kier molecular flexibility index (Phi) is 5.59. The monoisotopic (exact) mass is 334 g/mol. The molecule has 0 aliphatic carbocycles. The van der Waals surface area contributed by atoms with Gasteiger partial charge in [-0.3, -0.25) is 0 Å². The number of hydrogen-bond acceptors (Lipinski definition) is 3. The molecule has 4 heteroatoms. The molecular formula is C16H19BrN2O. The van der Waals surface area contributed by atoms with Gasteiger partial charge >= 0.3 is 0 Å². The van der Waals surface area contributed by atoms with E-state index in [1.807, 2.05) is 24.3 Å². The molecule has 0 amide bonds. The van der Waals surface area contributed by atoms with Gasteiger partial charge in [-0.1, -0.05) is 46.3 Å². The quantitative estimate of drug-likeness (QED) is 0.846. The molecule has 106 valence electrons. The zero-order valence-electron chi connectivity index (χ0n) is 11.5. The Morgan fingerprint density at radius 3 is 2.55 bits per heavy atom. The fourth-order valence-electron chi connectivity index (χ4n) is 2.07. The average Bonchev–Trinajstić information content (AvgIpc) is 2.46. The largest absolute Gasteiger partial charge is 0.380 e. The molecule has 2 aromatic rings. The molecule has 0 saturated carbocycles. The minimum absolute atomic E-state index is 0.0981. The number of hydrogen-bond donors (Lipinski definition) is 2. The van der Waals surface area contributed by atoms with Crippen LogP contribution in [0.25, 0.3) is 0 Å². The van der Waals surface area contributed by atoms with E-state index in [2.05, 4.69) is 45.5 Å². The first kappa shape index (κ1) is 15.0. The van der Waals surface area contributed by atoms with Crippen LogP contribution in [0.3, 0.4) is 0 Å². The Hall–Kier alpha value is -1.36. The Bertz CT molecular complexity index is 542. The highest BCUT2D eigenvalue weighted by Gasteiger charge is 2.09. The summed E-state index contributed by atoms with van der Waals surface area (Å²) in [5, 5.41) is 3.45. The summed E-state index contributed by atoms with van der Waals surface area (Å²) in [6, 6.07) is 16.5. The first-order valence-electron chi connectivity index (χ1n) is 6.53. The minimum atomic E-state index is 0.0981. The van der Waals surface area contributed by atoms with Gasteiger partial charge in [-0.15, -0.1) is 0 Å². The molecule has 0 radical (unpaired) electrons. The highest BCUT2D eigenvalue weighted by atomic mass is 79.9. The van der Waals surface area contributed by atoms with Crippen LogP contribution < -0.4 is 11.1 Å². The number of halogens is 1. The molecule has 0 aliphatic heterocycles. The van der Waals surface area contributed by atoms with E-state index in [-0.39, 0.29) is 6.04 Å². The van der Waals surface area contributed by atoms with E-state index in [9.17, 15) is 0 Å². The molecule has 2 rings (SSSR count). The topological polar surface area (TPSA) is 47.3 Å². The van der Waals surface area contributed by atoms with Gasteiger partial charge in [0.15, 0.2) is 0 Å². The summed E-state index contributed by atoms with van der Waals surface area (Å²) < 4.78 is 6.17. The molecule has 3 nitrogen and oxygen atoms in total. The predicted octanol–water partition coefficient (Wildman–Crippen LogP) is 3.71. The van der Waals surface area contributed by atoms with Gasteiger partial charge in [-0.2, -0.15) is 0 Å². The lowest BCUT2D eigenvalue weighted by Crippen LogP contribution is -2.20. The van der Waals surface area contributed by atoms with Crippen molar-refractivity contribution in [2.24, 2.45) is 5.73 Å². The zero-order valence-corrected chi connectivity index (χ0v) is 13.1. The Balaban J connectivity index is 2.11. The van der Waals surface area contributed by atoms with Crippen molar-refractivity contribution >= 4 is 21.6 Å². The summed E-state index contributed by atoms with van der Waals surface area (Å²) >= 11 is 3.47. The molecule has 1 atom stereocenters. The van der Waals surface area contributed by atoms with E-state index in [0.29, 0.717) is 13.2 Å². The highest BCUT2D eigenvalue weighted by Crippen LogP contribution is 2.22. The summed E-state index contributed by atoms with van der Waals surface area (Å²) in [6.45, 7) is 1.17. The molecule has 0 aromatic heterocycles. The molecule has 0 spiro atoms. The van der Waals surface area contributed by atoms with Crippen molar-refractivity contribution in [1.29, 1.82) is 0 Å². The van der Waals surface area contributed by atoms with Crippen molar-refractivity contribution in [3.63, 3.8) is 0 Å². The zero-order chi connectivity index (χ0) is 14.4. The second kappa shape index (κ2) is 7.43. The number of nitrogens with one attached hydrogen (secondary N) is 1. The Morgan fingerprint density at radius 2 is 1.95 bits per heavy atom. The van der Waals surface area contributed by atoms with Crippen LogP contribution in [0.4, 0.5) is 5.69 Å². The molecule has 0 aliphatic rings. The van der Waals surface area contributed by atoms with Crippen molar-refractivity contribution in [2.75, 3.05) is 19.0 Å². The van der Waals surface area contributed by atoms with Gasteiger partial charge in [-0.05, 0) is 29.3 Å². The maximum atomic E-state index is 5.89. The summed E-state index contributed by atoms with van der Waals surface area (Å²) in [5.41, 5.74) is 9.28. The second-order valence-electron chi connectivity index (χ2n) is 4.62. The van der Waals surface area contributed by atoms with E-state index in [1.54, 1.807) is 7.11 Å². The Labute approximate surface area is 128 Å². The first-order chi connectivity index (χ1) is 9.72. The number of ether oxygens (including phenoxy) is 1. The third-order valence-electron chi connectivity index (χ3n) is 3.09. The standard InChI is InChI=1S/C16H19BrN2O/c1-20-11-12-5-7-13(8-6-12)16(10-18)19-15-4-2-3-14(17)9-15/h2-9,16,19H,10-11,18H2,1H3. The maximum absolute atomic E-state index is 5.89. The highest BCUT2D eigenvalue weighted by molar-refractivity contribution is 9.10. The molecule has 20 heavy (non-hydrogen) atoms. The number of benzene rings is 2. The lowest BCUT2D eigenvalue weighted by Gasteiger charge is -2.19. The molecule has 0 heterocycles.